The Hall–Kier alpha value is -1.04. The SMILES string of the molecule is Cc1cccc(CSCC(=O)N[C@H](C)[C@@H]2CN(C)CCO2)c1. The summed E-state index contributed by atoms with van der Waals surface area (Å²) in [5.74, 6) is 1.44. The van der Waals surface area contributed by atoms with Gasteiger partial charge in [-0.2, -0.15) is 0 Å². The molecular formula is C17H26N2O2S. The van der Waals surface area contributed by atoms with Crippen LogP contribution in [0, 0.1) is 6.92 Å². The number of ether oxygens (including phenoxy) is 1. The van der Waals surface area contributed by atoms with Gasteiger partial charge in [0.2, 0.25) is 5.91 Å². The van der Waals surface area contributed by atoms with Gasteiger partial charge < -0.3 is 15.0 Å². The van der Waals surface area contributed by atoms with E-state index in [0.717, 1.165) is 25.4 Å². The molecule has 1 fully saturated rings. The van der Waals surface area contributed by atoms with Crippen LogP contribution in [0.15, 0.2) is 24.3 Å². The van der Waals surface area contributed by atoms with Crippen LogP contribution in [0.2, 0.25) is 0 Å². The maximum absolute atomic E-state index is 12.0. The number of benzene rings is 1. The second kappa shape index (κ2) is 8.56. The Morgan fingerprint density at radius 2 is 2.36 bits per heavy atom. The summed E-state index contributed by atoms with van der Waals surface area (Å²) in [5, 5.41) is 3.06. The van der Waals surface area contributed by atoms with Crippen molar-refractivity contribution in [2.24, 2.45) is 0 Å². The number of hydrogen-bond donors (Lipinski definition) is 1. The lowest BCUT2D eigenvalue weighted by atomic mass is 10.1. The molecule has 0 unspecified atom stereocenters. The highest BCUT2D eigenvalue weighted by atomic mass is 32.2. The van der Waals surface area contributed by atoms with Crippen molar-refractivity contribution in [2.45, 2.75) is 31.7 Å². The summed E-state index contributed by atoms with van der Waals surface area (Å²) in [4.78, 5) is 14.3. The molecule has 0 bridgehead atoms. The molecule has 0 saturated carbocycles. The van der Waals surface area contributed by atoms with E-state index in [1.54, 1.807) is 11.8 Å². The Labute approximate surface area is 137 Å². The molecule has 2 rings (SSSR count). The number of likely N-dealkylation sites (N-methyl/N-ethyl adjacent to an activating group) is 1. The molecule has 122 valence electrons. The number of morpholine rings is 1. The Bertz CT molecular complexity index is 495. The van der Waals surface area contributed by atoms with Gasteiger partial charge in [-0.1, -0.05) is 29.8 Å². The molecule has 4 nitrogen and oxygen atoms in total. The summed E-state index contributed by atoms with van der Waals surface area (Å²) in [6.07, 6.45) is 0.0875. The molecule has 1 aliphatic heterocycles. The van der Waals surface area contributed by atoms with Crippen LogP contribution in [0.4, 0.5) is 0 Å². The molecule has 1 N–H and O–H groups in total. The first-order chi connectivity index (χ1) is 10.5. The highest BCUT2D eigenvalue weighted by Crippen LogP contribution is 2.13. The summed E-state index contributed by atoms with van der Waals surface area (Å²) in [7, 11) is 2.09. The highest BCUT2D eigenvalue weighted by molar-refractivity contribution is 7.99. The van der Waals surface area contributed by atoms with E-state index in [1.165, 1.54) is 11.1 Å². The van der Waals surface area contributed by atoms with Crippen molar-refractivity contribution in [3.05, 3.63) is 35.4 Å². The van der Waals surface area contributed by atoms with Gasteiger partial charge in [0, 0.05) is 18.8 Å². The van der Waals surface area contributed by atoms with E-state index >= 15 is 0 Å². The van der Waals surface area contributed by atoms with E-state index < -0.39 is 0 Å². The van der Waals surface area contributed by atoms with Gasteiger partial charge in [0.1, 0.15) is 0 Å². The molecule has 0 aromatic heterocycles. The van der Waals surface area contributed by atoms with Crippen molar-refractivity contribution >= 4 is 17.7 Å². The predicted octanol–water partition coefficient (Wildman–Crippen LogP) is 2.06. The van der Waals surface area contributed by atoms with Crippen LogP contribution in [0.5, 0.6) is 0 Å². The van der Waals surface area contributed by atoms with E-state index in [0.29, 0.717) is 5.75 Å². The van der Waals surface area contributed by atoms with E-state index in [9.17, 15) is 4.79 Å². The third kappa shape index (κ3) is 5.63. The quantitative estimate of drug-likeness (QED) is 0.870. The largest absolute Gasteiger partial charge is 0.373 e. The molecule has 1 amide bonds. The molecule has 22 heavy (non-hydrogen) atoms. The minimum absolute atomic E-state index is 0.0508. The van der Waals surface area contributed by atoms with Gasteiger partial charge in [0.25, 0.3) is 0 Å². The minimum Gasteiger partial charge on any atom is -0.373 e. The fourth-order valence-electron chi connectivity index (χ4n) is 2.57. The topological polar surface area (TPSA) is 41.6 Å². The molecule has 0 radical (unpaired) electrons. The number of hydrogen-bond acceptors (Lipinski definition) is 4. The Morgan fingerprint density at radius 3 is 3.09 bits per heavy atom. The second-order valence-electron chi connectivity index (χ2n) is 6.01. The molecule has 0 aliphatic carbocycles. The Morgan fingerprint density at radius 1 is 1.55 bits per heavy atom. The Kier molecular flexibility index (Phi) is 6.73. The van der Waals surface area contributed by atoms with E-state index in [4.69, 9.17) is 4.74 Å². The highest BCUT2D eigenvalue weighted by Gasteiger charge is 2.24. The number of thioether (sulfide) groups is 1. The monoisotopic (exact) mass is 322 g/mol. The number of nitrogens with zero attached hydrogens (tertiary/aromatic N) is 1. The van der Waals surface area contributed by atoms with Gasteiger partial charge in [0.15, 0.2) is 0 Å². The first kappa shape index (κ1) is 17.3. The van der Waals surface area contributed by atoms with Crippen LogP contribution in [-0.2, 0) is 15.3 Å². The van der Waals surface area contributed by atoms with Gasteiger partial charge in [-0.3, -0.25) is 4.79 Å². The summed E-state index contributed by atoms with van der Waals surface area (Å²) in [6, 6.07) is 8.47. The fraction of sp³-hybridized carbons (Fsp3) is 0.588. The zero-order valence-electron chi connectivity index (χ0n) is 13.7. The van der Waals surface area contributed by atoms with Crippen molar-refractivity contribution in [3.8, 4) is 0 Å². The lowest BCUT2D eigenvalue weighted by Crippen LogP contribution is -2.51. The van der Waals surface area contributed by atoms with E-state index in [-0.39, 0.29) is 18.1 Å². The van der Waals surface area contributed by atoms with Gasteiger partial charge in [-0.25, -0.2) is 0 Å². The van der Waals surface area contributed by atoms with Crippen LogP contribution in [0.3, 0.4) is 0 Å². The third-order valence-corrected chi connectivity index (χ3v) is 4.83. The van der Waals surface area contributed by atoms with Gasteiger partial charge in [-0.05, 0) is 26.5 Å². The van der Waals surface area contributed by atoms with Crippen molar-refractivity contribution in [2.75, 3.05) is 32.5 Å². The molecular weight excluding hydrogens is 296 g/mol. The Balaban J connectivity index is 1.69. The van der Waals surface area contributed by atoms with Crippen molar-refractivity contribution in [1.82, 2.24) is 10.2 Å². The lowest BCUT2D eigenvalue weighted by Gasteiger charge is -2.33. The summed E-state index contributed by atoms with van der Waals surface area (Å²) < 4.78 is 5.73. The van der Waals surface area contributed by atoms with Crippen LogP contribution in [-0.4, -0.2) is 55.4 Å². The van der Waals surface area contributed by atoms with E-state index in [1.807, 2.05) is 6.92 Å². The maximum Gasteiger partial charge on any atom is 0.230 e. The number of aryl methyl sites for hydroxylation is 1. The van der Waals surface area contributed by atoms with Gasteiger partial charge in [0.05, 0.1) is 24.5 Å². The predicted molar refractivity (Wildman–Crippen MR) is 92.2 cm³/mol. The second-order valence-corrected chi connectivity index (χ2v) is 7.00. The number of nitrogens with one attached hydrogen (secondary N) is 1. The molecule has 1 aliphatic rings. The van der Waals surface area contributed by atoms with Crippen molar-refractivity contribution in [3.63, 3.8) is 0 Å². The smallest absolute Gasteiger partial charge is 0.230 e. The molecule has 5 heteroatoms. The molecule has 2 atom stereocenters. The summed E-state index contributed by atoms with van der Waals surface area (Å²) >= 11 is 1.65. The van der Waals surface area contributed by atoms with Crippen LogP contribution >= 0.6 is 11.8 Å². The van der Waals surface area contributed by atoms with Crippen LogP contribution in [0.1, 0.15) is 18.1 Å². The molecule has 1 aromatic rings. The third-order valence-electron chi connectivity index (χ3n) is 3.83. The number of carbonyl (C=O) groups is 1. The number of amides is 1. The molecule has 0 spiro atoms. The lowest BCUT2D eigenvalue weighted by molar-refractivity contribution is -0.121. The van der Waals surface area contributed by atoms with Crippen LogP contribution in [0.25, 0.3) is 0 Å². The molecule has 1 aromatic carbocycles. The van der Waals surface area contributed by atoms with Crippen molar-refractivity contribution in [1.29, 1.82) is 0 Å². The summed E-state index contributed by atoms with van der Waals surface area (Å²) in [6.45, 7) is 6.68. The molecule has 1 saturated heterocycles. The normalized spacial score (nSPS) is 20.6. The first-order valence-electron chi connectivity index (χ1n) is 7.77. The fourth-order valence-corrected chi connectivity index (χ4v) is 3.35. The maximum atomic E-state index is 12.0. The average Bonchev–Trinajstić information content (AvgIpc) is 2.47. The van der Waals surface area contributed by atoms with Gasteiger partial charge >= 0.3 is 0 Å². The van der Waals surface area contributed by atoms with E-state index in [2.05, 4.69) is 48.5 Å². The van der Waals surface area contributed by atoms with Crippen molar-refractivity contribution < 1.29 is 9.53 Å². The molecule has 1 heterocycles. The summed E-state index contributed by atoms with van der Waals surface area (Å²) in [5.41, 5.74) is 2.53. The first-order valence-corrected chi connectivity index (χ1v) is 8.93. The zero-order chi connectivity index (χ0) is 15.9. The zero-order valence-corrected chi connectivity index (χ0v) is 14.5. The number of carbonyl (C=O) groups excluding carboxylic acids is 1. The minimum atomic E-state index is 0.0508. The standard InChI is InChI=1S/C17H26N2O2S/c1-13-5-4-6-15(9-13)11-22-12-17(20)18-14(2)16-10-19(3)7-8-21-16/h4-6,9,14,16H,7-8,10-12H2,1-3H3,(H,18,20)/t14-,16+/m1/s1. The van der Waals surface area contributed by atoms with Gasteiger partial charge in [-0.15, -0.1) is 11.8 Å². The number of rotatable bonds is 6. The average molecular weight is 322 g/mol. The van der Waals surface area contributed by atoms with Crippen LogP contribution < -0.4 is 5.32 Å².